The Balaban J connectivity index is 2.26. The molecule has 2 nitrogen and oxygen atoms in total. The van der Waals surface area contributed by atoms with Crippen molar-refractivity contribution < 1.29 is 4.74 Å². The normalized spacial score (nSPS) is 23.0. The summed E-state index contributed by atoms with van der Waals surface area (Å²) in [4.78, 5) is 0. The van der Waals surface area contributed by atoms with Gasteiger partial charge in [0.05, 0.1) is 0 Å². The number of nitrogens with two attached hydrogens (primary N) is 1. The summed E-state index contributed by atoms with van der Waals surface area (Å²) in [6.07, 6.45) is 5.08. The zero-order valence-corrected chi connectivity index (χ0v) is 6.96. The van der Waals surface area contributed by atoms with Crippen LogP contribution in [0, 0.1) is 5.92 Å². The van der Waals surface area contributed by atoms with Gasteiger partial charge in [0.25, 0.3) is 0 Å². The van der Waals surface area contributed by atoms with Crippen LogP contribution in [-0.4, -0.2) is 19.3 Å². The lowest BCUT2D eigenvalue weighted by atomic mass is 9.90. The van der Waals surface area contributed by atoms with Gasteiger partial charge in [-0.3, -0.25) is 0 Å². The second-order valence-corrected chi connectivity index (χ2v) is 3.14. The van der Waals surface area contributed by atoms with Gasteiger partial charge in [-0.25, -0.2) is 0 Å². The Hall–Kier alpha value is -0.340. The van der Waals surface area contributed by atoms with Crippen molar-refractivity contribution in [1.29, 1.82) is 0 Å². The van der Waals surface area contributed by atoms with Crippen LogP contribution >= 0.6 is 0 Å². The Morgan fingerprint density at radius 1 is 1.55 bits per heavy atom. The van der Waals surface area contributed by atoms with Gasteiger partial charge in [-0.1, -0.05) is 6.08 Å². The van der Waals surface area contributed by atoms with E-state index in [2.05, 4.69) is 6.58 Å². The van der Waals surface area contributed by atoms with Gasteiger partial charge in [0.2, 0.25) is 0 Å². The van der Waals surface area contributed by atoms with Gasteiger partial charge in [0, 0.05) is 19.3 Å². The van der Waals surface area contributed by atoms with Gasteiger partial charge < -0.3 is 10.5 Å². The molecule has 1 atom stereocenters. The van der Waals surface area contributed by atoms with Crippen molar-refractivity contribution >= 4 is 0 Å². The van der Waals surface area contributed by atoms with E-state index in [0.29, 0.717) is 12.0 Å². The van der Waals surface area contributed by atoms with E-state index >= 15 is 0 Å². The van der Waals surface area contributed by atoms with Crippen LogP contribution in [0.2, 0.25) is 0 Å². The molecular formula is C9H17NO. The number of hydrogen-bond donors (Lipinski definition) is 1. The third-order valence-electron chi connectivity index (χ3n) is 2.31. The van der Waals surface area contributed by atoms with Crippen LogP contribution in [-0.2, 0) is 4.74 Å². The second-order valence-electron chi connectivity index (χ2n) is 3.14. The van der Waals surface area contributed by atoms with Crippen LogP contribution in [0.5, 0.6) is 0 Å². The smallest absolute Gasteiger partial charge is 0.0469 e. The highest BCUT2D eigenvalue weighted by Crippen LogP contribution is 2.19. The fraction of sp³-hybridized carbons (Fsp3) is 0.778. The van der Waals surface area contributed by atoms with Gasteiger partial charge >= 0.3 is 0 Å². The lowest BCUT2D eigenvalue weighted by Crippen LogP contribution is -2.33. The Morgan fingerprint density at radius 2 is 2.18 bits per heavy atom. The lowest BCUT2D eigenvalue weighted by molar-refractivity contribution is 0.0587. The van der Waals surface area contributed by atoms with Crippen LogP contribution in [0.4, 0.5) is 0 Å². The second kappa shape index (κ2) is 4.52. The topological polar surface area (TPSA) is 35.2 Å². The first-order valence-corrected chi connectivity index (χ1v) is 4.29. The van der Waals surface area contributed by atoms with E-state index in [9.17, 15) is 0 Å². The molecule has 0 radical (unpaired) electrons. The summed E-state index contributed by atoms with van der Waals surface area (Å²) in [5.41, 5.74) is 5.93. The molecule has 1 heterocycles. The molecule has 2 N–H and O–H groups in total. The molecule has 64 valence electrons. The van der Waals surface area contributed by atoms with Crippen LogP contribution in [0.25, 0.3) is 0 Å². The highest BCUT2D eigenvalue weighted by atomic mass is 16.5. The molecule has 1 rings (SSSR count). The van der Waals surface area contributed by atoms with Crippen molar-refractivity contribution in [1.82, 2.24) is 0 Å². The van der Waals surface area contributed by atoms with Crippen LogP contribution in [0.3, 0.4) is 0 Å². The summed E-state index contributed by atoms with van der Waals surface area (Å²) in [6.45, 7) is 5.45. The van der Waals surface area contributed by atoms with E-state index in [0.717, 1.165) is 32.5 Å². The van der Waals surface area contributed by atoms with Crippen molar-refractivity contribution in [3.63, 3.8) is 0 Å². The van der Waals surface area contributed by atoms with E-state index in [1.165, 1.54) is 0 Å². The maximum atomic E-state index is 5.93. The average Bonchev–Trinajstić information content (AvgIpc) is 2.07. The predicted octanol–water partition coefficient (Wildman–Crippen LogP) is 1.32. The Labute approximate surface area is 68.4 Å². The Bertz CT molecular complexity index is 119. The Kier molecular flexibility index (Phi) is 3.60. The maximum absolute atomic E-state index is 5.93. The van der Waals surface area contributed by atoms with E-state index in [1.54, 1.807) is 0 Å². The van der Waals surface area contributed by atoms with E-state index < -0.39 is 0 Å². The minimum absolute atomic E-state index is 0.302. The molecule has 2 heteroatoms. The van der Waals surface area contributed by atoms with Gasteiger partial charge in [-0.05, 0) is 25.2 Å². The molecule has 0 aromatic carbocycles. The molecule has 0 spiro atoms. The fourth-order valence-corrected chi connectivity index (χ4v) is 1.53. The molecule has 1 aliphatic heterocycles. The molecule has 0 aromatic heterocycles. The van der Waals surface area contributed by atoms with Crippen molar-refractivity contribution in [2.24, 2.45) is 11.7 Å². The van der Waals surface area contributed by atoms with Crippen molar-refractivity contribution in [3.8, 4) is 0 Å². The summed E-state index contributed by atoms with van der Waals surface area (Å²) < 4.78 is 5.25. The first-order chi connectivity index (χ1) is 5.34. The zero-order chi connectivity index (χ0) is 8.10. The van der Waals surface area contributed by atoms with Crippen molar-refractivity contribution in [3.05, 3.63) is 12.7 Å². The number of hydrogen-bond acceptors (Lipinski definition) is 2. The highest BCUT2D eigenvalue weighted by Gasteiger charge is 2.19. The Morgan fingerprint density at radius 3 is 2.73 bits per heavy atom. The minimum atomic E-state index is 0.302. The van der Waals surface area contributed by atoms with Gasteiger partial charge in [0.1, 0.15) is 0 Å². The van der Waals surface area contributed by atoms with Gasteiger partial charge in [0.15, 0.2) is 0 Å². The molecule has 1 unspecified atom stereocenters. The van der Waals surface area contributed by atoms with E-state index in [4.69, 9.17) is 10.5 Å². The predicted molar refractivity (Wildman–Crippen MR) is 46.3 cm³/mol. The first-order valence-electron chi connectivity index (χ1n) is 4.29. The van der Waals surface area contributed by atoms with E-state index in [-0.39, 0.29) is 0 Å². The summed E-state index contributed by atoms with van der Waals surface area (Å²) in [6, 6.07) is 0.302. The summed E-state index contributed by atoms with van der Waals surface area (Å²) in [5.74, 6) is 0.654. The molecular weight excluding hydrogens is 138 g/mol. The van der Waals surface area contributed by atoms with Crippen LogP contribution in [0.1, 0.15) is 19.3 Å². The molecule has 0 aromatic rings. The maximum Gasteiger partial charge on any atom is 0.0469 e. The summed E-state index contributed by atoms with van der Waals surface area (Å²) >= 11 is 0. The highest BCUT2D eigenvalue weighted by molar-refractivity contribution is 4.82. The minimum Gasteiger partial charge on any atom is -0.381 e. The molecule has 1 aliphatic rings. The monoisotopic (exact) mass is 155 g/mol. The van der Waals surface area contributed by atoms with E-state index in [1.807, 2.05) is 6.08 Å². The molecule has 0 aliphatic carbocycles. The largest absolute Gasteiger partial charge is 0.381 e. The standard InChI is InChI=1S/C9H17NO/c1-2-3-9(10)8-4-6-11-7-5-8/h2,8-9H,1,3-7,10H2. The summed E-state index contributed by atoms with van der Waals surface area (Å²) in [5, 5.41) is 0. The summed E-state index contributed by atoms with van der Waals surface area (Å²) in [7, 11) is 0. The molecule has 1 fully saturated rings. The SMILES string of the molecule is C=CCC(N)C1CCOCC1. The van der Waals surface area contributed by atoms with Crippen LogP contribution in [0.15, 0.2) is 12.7 Å². The number of ether oxygens (including phenoxy) is 1. The molecule has 0 saturated carbocycles. The van der Waals surface area contributed by atoms with Crippen LogP contribution < -0.4 is 5.73 Å². The average molecular weight is 155 g/mol. The quantitative estimate of drug-likeness (QED) is 0.624. The van der Waals surface area contributed by atoms with Gasteiger partial charge in [-0.15, -0.1) is 6.58 Å². The number of rotatable bonds is 3. The molecule has 0 bridgehead atoms. The molecule has 11 heavy (non-hydrogen) atoms. The van der Waals surface area contributed by atoms with Crippen molar-refractivity contribution in [2.75, 3.05) is 13.2 Å². The lowest BCUT2D eigenvalue weighted by Gasteiger charge is -2.26. The zero-order valence-electron chi connectivity index (χ0n) is 6.96. The molecule has 1 saturated heterocycles. The van der Waals surface area contributed by atoms with Crippen molar-refractivity contribution in [2.45, 2.75) is 25.3 Å². The first kappa shape index (κ1) is 8.75. The third-order valence-corrected chi connectivity index (χ3v) is 2.31. The fourth-order valence-electron chi connectivity index (χ4n) is 1.53. The third kappa shape index (κ3) is 2.64. The molecule has 0 amide bonds. The van der Waals surface area contributed by atoms with Gasteiger partial charge in [-0.2, -0.15) is 0 Å².